The lowest BCUT2D eigenvalue weighted by atomic mass is 10.1. The van der Waals surface area contributed by atoms with E-state index in [0.29, 0.717) is 0 Å². The first-order chi connectivity index (χ1) is 14.2. The van der Waals surface area contributed by atoms with E-state index in [9.17, 15) is 47.9 Å². The summed E-state index contributed by atoms with van der Waals surface area (Å²) in [7, 11) is -10.3. The summed E-state index contributed by atoms with van der Waals surface area (Å²) in [5.41, 5.74) is 0.0871. The summed E-state index contributed by atoms with van der Waals surface area (Å²) >= 11 is 0. The third-order valence-electron chi connectivity index (χ3n) is 4.27. The maximum Gasteiger partial charge on any atom is 0.486 e. The molecule has 178 valence electrons. The Morgan fingerprint density at radius 1 is 0.812 bits per heavy atom. The Balaban J connectivity index is 2.61. The SMILES string of the molecule is CS(C)([OH+]S(=O)(=O)C(F)(F)C(F)(F)C(F)(F)C(F)(F)F)c1ccc(C#N)c2ccccc12. The molecule has 0 saturated heterocycles. The van der Waals surface area contributed by atoms with E-state index in [1.807, 2.05) is 6.07 Å². The fraction of sp³-hybridized carbons (Fsp3) is 0.353. The number of nitriles is 1. The van der Waals surface area contributed by atoms with Crippen LogP contribution in [-0.2, 0) is 10.1 Å². The number of benzene rings is 2. The first kappa shape index (κ1) is 26.1. The van der Waals surface area contributed by atoms with Crippen molar-refractivity contribution in [2.75, 3.05) is 12.5 Å². The molecule has 0 bridgehead atoms. The first-order valence-electron chi connectivity index (χ1n) is 8.09. The lowest BCUT2D eigenvalue weighted by Crippen LogP contribution is -2.63. The molecule has 2 aromatic carbocycles. The van der Waals surface area contributed by atoms with Gasteiger partial charge in [-0.05, 0) is 12.1 Å². The zero-order chi connectivity index (χ0) is 25.0. The summed E-state index contributed by atoms with van der Waals surface area (Å²) < 4.78 is 145. The molecule has 0 fully saturated rings. The summed E-state index contributed by atoms with van der Waals surface area (Å²) in [5.74, 6) is -14.7. The molecular formula is C17H13F9NO3S2+. The van der Waals surface area contributed by atoms with Crippen LogP contribution in [0.1, 0.15) is 5.56 Å². The van der Waals surface area contributed by atoms with Gasteiger partial charge >= 0.3 is 33.4 Å². The number of halogens is 9. The molecule has 2 rings (SSSR count). The molecule has 0 aliphatic heterocycles. The Bertz CT molecular complexity index is 1190. The largest absolute Gasteiger partial charge is 0.486 e. The molecule has 0 atom stereocenters. The predicted molar refractivity (Wildman–Crippen MR) is 98.8 cm³/mol. The van der Waals surface area contributed by atoms with E-state index in [0.717, 1.165) is 18.6 Å². The van der Waals surface area contributed by atoms with Crippen LogP contribution >= 0.6 is 10.3 Å². The molecule has 0 aromatic heterocycles. The highest BCUT2D eigenvalue weighted by Gasteiger charge is 2.87. The minimum atomic E-state index is -7.37. The molecule has 32 heavy (non-hydrogen) atoms. The molecule has 0 heterocycles. The zero-order valence-electron chi connectivity index (χ0n) is 15.9. The minimum absolute atomic E-state index is 0.0871. The van der Waals surface area contributed by atoms with Gasteiger partial charge in [-0.1, -0.05) is 24.3 Å². The molecule has 15 heteroatoms. The van der Waals surface area contributed by atoms with Gasteiger partial charge in [0.2, 0.25) is 0 Å². The number of rotatable bonds is 6. The van der Waals surface area contributed by atoms with Crippen molar-refractivity contribution in [3.63, 3.8) is 0 Å². The second-order valence-corrected chi connectivity index (χ2v) is 11.8. The molecule has 0 aliphatic carbocycles. The van der Waals surface area contributed by atoms with Crippen molar-refractivity contribution in [3.8, 4) is 6.07 Å². The van der Waals surface area contributed by atoms with Crippen molar-refractivity contribution >= 4 is 31.2 Å². The van der Waals surface area contributed by atoms with Crippen LogP contribution in [0.4, 0.5) is 39.5 Å². The van der Waals surface area contributed by atoms with E-state index in [1.165, 1.54) is 30.3 Å². The molecule has 2 aromatic rings. The van der Waals surface area contributed by atoms with Crippen LogP contribution in [0.25, 0.3) is 10.8 Å². The molecular weight excluding hydrogens is 501 g/mol. The van der Waals surface area contributed by atoms with Gasteiger partial charge in [-0.25, -0.2) is 0 Å². The lowest BCUT2D eigenvalue weighted by Gasteiger charge is -2.33. The van der Waals surface area contributed by atoms with Crippen LogP contribution in [0.5, 0.6) is 0 Å². The van der Waals surface area contributed by atoms with Crippen molar-refractivity contribution < 1.29 is 51.6 Å². The molecule has 0 aliphatic rings. The number of alkyl halides is 9. The summed E-state index contributed by atoms with van der Waals surface area (Å²) in [6, 6.07) is 9.75. The summed E-state index contributed by atoms with van der Waals surface area (Å²) in [4.78, 5) is -0.114. The Kier molecular flexibility index (Phi) is 6.27. The quantitative estimate of drug-likeness (QED) is 0.274. The standard InChI is InChI=1S/C17H12F9NO3S2/c1-31(2,13-8-7-10(9-27)11-5-3-4-6-12(11)13)30-32(28,29)17(25,26)15(20,21)14(18,19)16(22,23)24/h3-8H,1-2H3/p+1. The van der Waals surface area contributed by atoms with Crippen molar-refractivity contribution in [2.24, 2.45) is 0 Å². The van der Waals surface area contributed by atoms with E-state index in [4.69, 9.17) is 5.26 Å². The maximum atomic E-state index is 14.0. The second-order valence-electron chi connectivity index (χ2n) is 6.75. The molecule has 0 radical (unpaired) electrons. The monoisotopic (exact) mass is 514 g/mol. The van der Waals surface area contributed by atoms with Crippen LogP contribution in [-0.4, -0.2) is 47.8 Å². The van der Waals surface area contributed by atoms with Crippen LogP contribution < -0.4 is 0 Å². The Morgan fingerprint density at radius 3 is 1.78 bits per heavy atom. The smallest absolute Gasteiger partial charge is 0.264 e. The zero-order valence-corrected chi connectivity index (χ0v) is 17.5. The van der Waals surface area contributed by atoms with Crippen molar-refractivity contribution in [2.45, 2.75) is 28.2 Å². The Morgan fingerprint density at radius 2 is 1.31 bits per heavy atom. The van der Waals surface area contributed by atoms with E-state index in [2.05, 4.69) is 3.63 Å². The lowest BCUT2D eigenvalue weighted by molar-refractivity contribution is -0.382. The van der Waals surface area contributed by atoms with E-state index in [1.54, 1.807) is 0 Å². The van der Waals surface area contributed by atoms with Crippen LogP contribution in [0, 0.1) is 11.3 Å². The van der Waals surface area contributed by atoms with E-state index >= 15 is 0 Å². The molecule has 0 amide bonds. The van der Waals surface area contributed by atoms with Gasteiger partial charge in [0.15, 0.2) is 0 Å². The highest BCUT2D eigenvalue weighted by Crippen LogP contribution is 2.58. The average Bonchev–Trinajstić information content (AvgIpc) is 2.64. The number of hydrogen-bond donors (Lipinski definition) is 0. The molecule has 0 spiro atoms. The van der Waals surface area contributed by atoms with Crippen molar-refractivity contribution in [1.82, 2.24) is 0 Å². The van der Waals surface area contributed by atoms with Gasteiger partial charge in [0, 0.05) is 33.6 Å². The van der Waals surface area contributed by atoms with Crippen LogP contribution in [0.2, 0.25) is 0 Å². The second kappa shape index (κ2) is 7.70. The van der Waals surface area contributed by atoms with Gasteiger partial charge in [0.25, 0.3) is 0 Å². The van der Waals surface area contributed by atoms with Crippen molar-refractivity contribution in [1.29, 1.82) is 5.26 Å². The normalized spacial score (nSPS) is 14.9. The van der Waals surface area contributed by atoms with Gasteiger partial charge in [-0.15, -0.1) is 8.42 Å². The third-order valence-corrected chi connectivity index (χ3v) is 8.88. The topological polar surface area (TPSA) is 70.7 Å². The fourth-order valence-corrected chi connectivity index (χ4v) is 6.89. The summed E-state index contributed by atoms with van der Waals surface area (Å²) in [5, 5.41) is 2.60. The van der Waals surface area contributed by atoms with Gasteiger partial charge in [0.05, 0.1) is 16.5 Å². The average molecular weight is 514 g/mol. The van der Waals surface area contributed by atoms with Crippen LogP contribution in [0.3, 0.4) is 0 Å². The Labute approximate surface area is 177 Å². The molecule has 0 unspecified atom stereocenters. The van der Waals surface area contributed by atoms with Gasteiger partial charge < -0.3 is 0 Å². The fourth-order valence-electron chi connectivity index (χ4n) is 2.66. The van der Waals surface area contributed by atoms with Crippen molar-refractivity contribution in [3.05, 3.63) is 42.0 Å². The summed E-state index contributed by atoms with van der Waals surface area (Å²) in [6.45, 7) is 0. The molecule has 4 nitrogen and oxygen atoms in total. The number of fused-ring (bicyclic) bond motifs is 1. The highest BCUT2D eigenvalue weighted by atomic mass is 32.3. The molecule has 0 saturated carbocycles. The van der Waals surface area contributed by atoms with Crippen LogP contribution in [0.15, 0.2) is 41.3 Å². The Hall–Kier alpha value is -2.18. The molecule has 1 N–H and O–H groups in total. The van der Waals surface area contributed by atoms with Gasteiger partial charge in [-0.2, -0.15) is 44.8 Å². The summed E-state index contributed by atoms with van der Waals surface area (Å²) in [6.07, 6.45) is -5.32. The number of hydrogen-bond acceptors (Lipinski definition) is 3. The minimum Gasteiger partial charge on any atom is -0.264 e. The van der Waals surface area contributed by atoms with E-state index in [-0.39, 0.29) is 21.2 Å². The van der Waals surface area contributed by atoms with Gasteiger partial charge in [-0.3, -0.25) is 3.63 Å². The highest BCUT2D eigenvalue weighted by molar-refractivity contribution is 8.31. The van der Waals surface area contributed by atoms with E-state index < -0.39 is 43.7 Å². The maximum absolute atomic E-state index is 14.0. The number of nitrogens with zero attached hydrogens (tertiary/aromatic N) is 1. The predicted octanol–water partition coefficient (Wildman–Crippen LogP) is 5.90. The third kappa shape index (κ3) is 3.88. The first-order valence-corrected chi connectivity index (χ1v) is 11.9. The van der Waals surface area contributed by atoms with Gasteiger partial charge in [0.1, 0.15) is 0 Å².